The predicted molar refractivity (Wildman–Crippen MR) is 125 cm³/mol. The van der Waals surface area contributed by atoms with Crippen LogP contribution in [0.1, 0.15) is 56.5 Å². The Labute approximate surface area is 203 Å². The molecule has 1 saturated heterocycles. The SMILES string of the molecule is CC(F)(F)c1cccc2sc(C(=O)NCc3ccc4c(c3)CN(C3CCC(=O)NC3=O)C4=O)cc12. The van der Waals surface area contributed by atoms with Gasteiger partial charge in [-0.2, -0.15) is 0 Å². The number of piperidine rings is 1. The molecule has 10 heteroatoms. The van der Waals surface area contributed by atoms with Gasteiger partial charge >= 0.3 is 0 Å². The van der Waals surface area contributed by atoms with Crippen LogP contribution < -0.4 is 10.6 Å². The third-order valence-corrected chi connectivity index (χ3v) is 7.40. The quantitative estimate of drug-likeness (QED) is 0.526. The maximum atomic E-state index is 13.9. The summed E-state index contributed by atoms with van der Waals surface area (Å²) in [5.41, 5.74) is 1.87. The highest BCUT2D eigenvalue weighted by molar-refractivity contribution is 7.20. The minimum absolute atomic E-state index is 0.117. The Morgan fingerprint density at radius 3 is 2.74 bits per heavy atom. The van der Waals surface area contributed by atoms with Crippen LogP contribution in [-0.2, 0) is 28.6 Å². The normalized spacial score (nSPS) is 18.1. The average molecular weight is 498 g/mol. The average Bonchev–Trinajstić information content (AvgIpc) is 3.38. The highest BCUT2D eigenvalue weighted by Gasteiger charge is 2.39. The van der Waals surface area contributed by atoms with Crippen LogP contribution in [0.3, 0.4) is 0 Å². The minimum Gasteiger partial charge on any atom is -0.347 e. The van der Waals surface area contributed by atoms with E-state index in [1.807, 2.05) is 0 Å². The number of carbonyl (C=O) groups excluding carboxylic acids is 4. The van der Waals surface area contributed by atoms with Crippen molar-refractivity contribution in [2.75, 3.05) is 0 Å². The summed E-state index contributed by atoms with van der Waals surface area (Å²) in [7, 11) is 0. The molecule has 0 radical (unpaired) electrons. The molecular weight excluding hydrogens is 476 g/mol. The number of rotatable bonds is 5. The van der Waals surface area contributed by atoms with Crippen molar-refractivity contribution in [2.45, 2.75) is 44.8 Å². The molecule has 0 aliphatic carbocycles. The summed E-state index contributed by atoms with van der Waals surface area (Å²) in [6.45, 7) is 1.26. The van der Waals surface area contributed by atoms with Gasteiger partial charge in [0.15, 0.2) is 0 Å². The molecule has 180 valence electrons. The van der Waals surface area contributed by atoms with E-state index < -0.39 is 17.9 Å². The number of carbonyl (C=O) groups is 4. The smallest absolute Gasteiger partial charge is 0.271 e. The highest BCUT2D eigenvalue weighted by atomic mass is 32.1. The maximum absolute atomic E-state index is 13.9. The van der Waals surface area contributed by atoms with E-state index in [-0.39, 0.29) is 49.2 Å². The van der Waals surface area contributed by atoms with Gasteiger partial charge in [0, 0.05) is 47.6 Å². The maximum Gasteiger partial charge on any atom is 0.271 e. The number of fused-ring (bicyclic) bond motifs is 2. The van der Waals surface area contributed by atoms with E-state index in [0.717, 1.165) is 29.4 Å². The summed E-state index contributed by atoms with van der Waals surface area (Å²) >= 11 is 1.15. The van der Waals surface area contributed by atoms with Crippen LogP contribution in [0.5, 0.6) is 0 Å². The van der Waals surface area contributed by atoms with E-state index in [4.69, 9.17) is 0 Å². The molecular formula is C25H21F2N3O4S. The van der Waals surface area contributed by atoms with Gasteiger partial charge in [-0.1, -0.05) is 24.3 Å². The van der Waals surface area contributed by atoms with E-state index in [1.54, 1.807) is 30.3 Å². The Morgan fingerprint density at radius 1 is 1.20 bits per heavy atom. The zero-order valence-corrected chi connectivity index (χ0v) is 19.5. The lowest BCUT2D eigenvalue weighted by Gasteiger charge is -2.29. The van der Waals surface area contributed by atoms with Crippen molar-refractivity contribution in [2.24, 2.45) is 0 Å². The van der Waals surface area contributed by atoms with Gasteiger partial charge in [-0.3, -0.25) is 24.5 Å². The molecule has 4 amide bonds. The molecule has 0 spiro atoms. The summed E-state index contributed by atoms with van der Waals surface area (Å²) in [6.07, 6.45) is 0.469. The number of benzene rings is 2. The number of nitrogens with zero attached hydrogens (tertiary/aromatic N) is 1. The number of hydrogen-bond acceptors (Lipinski definition) is 5. The third-order valence-electron chi connectivity index (χ3n) is 6.30. The third kappa shape index (κ3) is 4.29. The summed E-state index contributed by atoms with van der Waals surface area (Å²) in [5.74, 6) is -4.47. The number of alkyl halides is 2. The first-order chi connectivity index (χ1) is 16.6. The van der Waals surface area contributed by atoms with Crippen molar-refractivity contribution < 1.29 is 28.0 Å². The van der Waals surface area contributed by atoms with Crippen LogP contribution in [0.4, 0.5) is 8.78 Å². The second kappa shape index (κ2) is 8.53. The molecule has 1 unspecified atom stereocenters. The van der Waals surface area contributed by atoms with Gasteiger partial charge < -0.3 is 10.2 Å². The lowest BCUT2D eigenvalue weighted by atomic mass is 10.0. The summed E-state index contributed by atoms with van der Waals surface area (Å²) < 4.78 is 28.5. The second-order valence-electron chi connectivity index (χ2n) is 8.79. The van der Waals surface area contributed by atoms with Gasteiger partial charge in [-0.05, 0) is 35.7 Å². The van der Waals surface area contributed by atoms with Gasteiger partial charge in [0.1, 0.15) is 6.04 Å². The molecule has 1 aromatic heterocycles. The lowest BCUT2D eigenvalue weighted by molar-refractivity contribution is -0.136. The molecule has 2 aliphatic heterocycles. The molecule has 35 heavy (non-hydrogen) atoms. The van der Waals surface area contributed by atoms with Gasteiger partial charge in [0.2, 0.25) is 11.8 Å². The molecule has 1 atom stereocenters. The Hall–Kier alpha value is -3.66. The van der Waals surface area contributed by atoms with Crippen molar-refractivity contribution in [3.63, 3.8) is 0 Å². The molecule has 3 aromatic rings. The van der Waals surface area contributed by atoms with Crippen molar-refractivity contribution in [3.05, 3.63) is 69.6 Å². The first-order valence-electron chi connectivity index (χ1n) is 11.1. The largest absolute Gasteiger partial charge is 0.347 e. The monoisotopic (exact) mass is 497 g/mol. The lowest BCUT2D eigenvalue weighted by Crippen LogP contribution is -2.52. The van der Waals surface area contributed by atoms with Gasteiger partial charge in [-0.15, -0.1) is 11.3 Å². The fourth-order valence-corrected chi connectivity index (χ4v) is 5.57. The number of amides is 4. The van der Waals surface area contributed by atoms with E-state index in [2.05, 4.69) is 10.6 Å². The first kappa shape index (κ1) is 23.1. The number of thiophene rings is 1. The fourth-order valence-electron chi connectivity index (χ4n) is 4.56. The standard InChI is InChI=1S/C25H21F2N3O4S/c1-25(26,27)17-3-2-4-19-16(17)10-20(35-19)23(33)28-11-13-5-6-15-14(9-13)12-30(24(15)34)18-7-8-21(31)29-22(18)32/h2-6,9-10,18H,7-8,11-12H2,1H3,(H,28,33)(H,29,31,32). The number of hydrogen-bond donors (Lipinski definition) is 2. The zero-order valence-electron chi connectivity index (χ0n) is 18.7. The number of nitrogens with one attached hydrogen (secondary N) is 2. The van der Waals surface area contributed by atoms with Crippen LogP contribution in [0.2, 0.25) is 0 Å². The van der Waals surface area contributed by atoms with E-state index >= 15 is 0 Å². The molecule has 2 aromatic carbocycles. The van der Waals surface area contributed by atoms with Gasteiger partial charge in [0.25, 0.3) is 17.7 Å². The van der Waals surface area contributed by atoms with Crippen molar-refractivity contribution in [1.82, 2.24) is 15.5 Å². The Bertz CT molecular complexity index is 1400. The van der Waals surface area contributed by atoms with E-state index in [1.165, 1.54) is 17.0 Å². The van der Waals surface area contributed by atoms with Crippen molar-refractivity contribution >= 4 is 45.1 Å². The molecule has 3 heterocycles. The van der Waals surface area contributed by atoms with Crippen LogP contribution >= 0.6 is 11.3 Å². The van der Waals surface area contributed by atoms with Crippen LogP contribution in [0, 0.1) is 0 Å². The predicted octanol–water partition coefficient (Wildman–Crippen LogP) is 3.70. The summed E-state index contributed by atoms with van der Waals surface area (Å²) in [4.78, 5) is 50.9. The molecule has 0 saturated carbocycles. The van der Waals surface area contributed by atoms with Crippen molar-refractivity contribution in [3.8, 4) is 0 Å². The van der Waals surface area contributed by atoms with Crippen LogP contribution in [0.25, 0.3) is 10.1 Å². The van der Waals surface area contributed by atoms with Crippen molar-refractivity contribution in [1.29, 1.82) is 0 Å². The zero-order chi connectivity index (χ0) is 24.9. The topological polar surface area (TPSA) is 95.6 Å². The Balaban J connectivity index is 1.28. The van der Waals surface area contributed by atoms with Crippen LogP contribution in [-0.4, -0.2) is 34.6 Å². The summed E-state index contributed by atoms with van der Waals surface area (Å²) in [6, 6.07) is 10.6. The Morgan fingerprint density at radius 2 is 2.00 bits per heavy atom. The first-order valence-corrected chi connectivity index (χ1v) is 11.9. The van der Waals surface area contributed by atoms with Gasteiger partial charge in [-0.25, -0.2) is 8.78 Å². The molecule has 2 N–H and O–H groups in total. The second-order valence-corrected chi connectivity index (χ2v) is 9.87. The molecule has 0 bridgehead atoms. The molecule has 2 aliphatic rings. The van der Waals surface area contributed by atoms with E-state index in [0.29, 0.717) is 20.5 Å². The van der Waals surface area contributed by atoms with Crippen LogP contribution in [0.15, 0.2) is 42.5 Å². The number of halogens is 2. The highest BCUT2D eigenvalue weighted by Crippen LogP contribution is 2.37. The molecule has 1 fully saturated rings. The van der Waals surface area contributed by atoms with Gasteiger partial charge in [0.05, 0.1) is 4.88 Å². The molecule has 5 rings (SSSR count). The number of imide groups is 1. The molecule has 7 nitrogen and oxygen atoms in total. The fraction of sp³-hybridized carbons (Fsp3) is 0.280. The Kier molecular flexibility index (Phi) is 5.63. The van der Waals surface area contributed by atoms with E-state index in [9.17, 15) is 28.0 Å². The summed E-state index contributed by atoms with van der Waals surface area (Å²) in [5, 5.41) is 5.44. The minimum atomic E-state index is -3.02.